The van der Waals surface area contributed by atoms with E-state index in [4.69, 9.17) is 5.11 Å². The molecule has 0 aliphatic heterocycles. The van der Waals surface area contributed by atoms with Gasteiger partial charge in [-0.3, -0.25) is 0 Å². The van der Waals surface area contributed by atoms with Gasteiger partial charge < -0.3 is 9.84 Å². The monoisotopic (exact) mass is 312 g/mol. The maximum atomic E-state index is 13.3. The van der Waals surface area contributed by atoms with Gasteiger partial charge >= 0.3 is 0 Å². The second-order valence-corrected chi connectivity index (χ2v) is 3.73. The van der Waals surface area contributed by atoms with E-state index >= 15 is 0 Å². The molecule has 2 rings (SSSR count). The van der Waals surface area contributed by atoms with E-state index in [1.54, 1.807) is 0 Å². The number of rotatable bonds is 2. The Balaban J connectivity index is 2.61. The van der Waals surface area contributed by atoms with Gasteiger partial charge in [0.05, 0.1) is 0 Å². The Kier molecular flexibility index (Phi) is 3.67. The lowest BCUT2D eigenvalue weighted by Gasteiger charge is -2.11. The Morgan fingerprint density at radius 3 is 1.52 bits per heavy atom. The standard InChI is InChI=1S/C12H3F7O2/c13-3-1-4(14)11(5(15)2-3)21-12-8(18)6(16)10(20)7(17)9(12)19/h1-2,20H. The summed E-state index contributed by atoms with van der Waals surface area (Å²) in [5.74, 6) is -18.9. The molecule has 0 bridgehead atoms. The van der Waals surface area contributed by atoms with Crippen molar-refractivity contribution < 1.29 is 40.6 Å². The van der Waals surface area contributed by atoms with Gasteiger partial charge in [-0.1, -0.05) is 0 Å². The van der Waals surface area contributed by atoms with Crippen LogP contribution in [0.2, 0.25) is 0 Å². The summed E-state index contributed by atoms with van der Waals surface area (Å²) in [5, 5.41) is 8.72. The normalized spacial score (nSPS) is 10.8. The van der Waals surface area contributed by atoms with Crippen molar-refractivity contribution in [3.63, 3.8) is 0 Å². The van der Waals surface area contributed by atoms with Crippen LogP contribution < -0.4 is 4.74 Å². The summed E-state index contributed by atoms with van der Waals surface area (Å²) in [6, 6.07) is 0.253. The van der Waals surface area contributed by atoms with E-state index in [2.05, 4.69) is 4.74 Å². The number of phenolic OH excluding ortho intramolecular Hbond substituents is 1. The van der Waals surface area contributed by atoms with E-state index in [9.17, 15) is 30.7 Å². The molecule has 2 aromatic rings. The van der Waals surface area contributed by atoms with Gasteiger partial charge in [0.15, 0.2) is 23.1 Å². The fourth-order valence-corrected chi connectivity index (χ4v) is 1.42. The third-order valence-corrected chi connectivity index (χ3v) is 2.37. The van der Waals surface area contributed by atoms with Crippen LogP contribution in [0.15, 0.2) is 12.1 Å². The SMILES string of the molecule is Oc1c(F)c(F)c(Oc2c(F)cc(F)cc2F)c(F)c1F. The van der Waals surface area contributed by atoms with Crippen LogP contribution in [0.1, 0.15) is 0 Å². The average Bonchev–Trinajstić information content (AvgIpc) is 2.41. The zero-order chi connectivity index (χ0) is 15.9. The van der Waals surface area contributed by atoms with Crippen molar-refractivity contribution in [1.82, 2.24) is 0 Å². The second-order valence-electron chi connectivity index (χ2n) is 3.73. The Morgan fingerprint density at radius 1 is 0.667 bits per heavy atom. The van der Waals surface area contributed by atoms with Crippen LogP contribution in [-0.4, -0.2) is 5.11 Å². The maximum Gasteiger partial charge on any atom is 0.208 e. The third-order valence-electron chi connectivity index (χ3n) is 2.37. The van der Waals surface area contributed by atoms with Gasteiger partial charge in [0.2, 0.25) is 29.0 Å². The van der Waals surface area contributed by atoms with E-state index in [0.29, 0.717) is 0 Å². The van der Waals surface area contributed by atoms with Crippen molar-refractivity contribution in [2.75, 3.05) is 0 Å². The van der Waals surface area contributed by atoms with Gasteiger partial charge in [-0.2, -0.15) is 17.6 Å². The molecule has 0 unspecified atom stereocenters. The topological polar surface area (TPSA) is 29.5 Å². The summed E-state index contributed by atoms with van der Waals surface area (Å²) in [6.07, 6.45) is 0. The van der Waals surface area contributed by atoms with Crippen molar-refractivity contribution in [2.24, 2.45) is 0 Å². The minimum atomic E-state index is -2.22. The third kappa shape index (κ3) is 2.46. The lowest BCUT2D eigenvalue weighted by Crippen LogP contribution is -2.03. The number of ether oxygens (including phenoxy) is 1. The highest BCUT2D eigenvalue weighted by atomic mass is 19.2. The van der Waals surface area contributed by atoms with Crippen LogP contribution in [0.25, 0.3) is 0 Å². The van der Waals surface area contributed by atoms with E-state index in [0.717, 1.165) is 0 Å². The molecule has 0 saturated carbocycles. The first kappa shape index (κ1) is 14.9. The first-order valence-corrected chi connectivity index (χ1v) is 5.11. The predicted octanol–water partition coefficient (Wildman–Crippen LogP) is 4.16. The summed E-state index contributed by atoms with van der Waals surface area (Å²) < 4.78 is 96.0. The minimum Gasteiger partial charge on any atom is -0.503 e. The number of phenols is 1. The number of benzene rings is 2. The predicted molar refractivity (Wildman–Crippen MR) is 54.3 cm³/mol. The molecule has 0 aliphatic carbocycles. The molecule has 2 aromatic carbocycles. The molecule has 112 valence electrons. The van der Waals surface area contributed by atoms with Crippen molar-refractivity contribution in [2.45, 2.75) is 0 Å². The van der Waals surface area contributed by atoms with Crippen molar-refractivity contribution in [1.29, 1.82) is 0 Å². The first-order chi connectivity index (χ1) is 9.73. The summed E-state index contributed by atoms with van der Waals surface area (Å²) in [4.78, 5) is 0. The van der Waals surface area contributed by atoms with Gasteiger partial charge in [0.1, 0.15) is 5.82 Å². The molecule has 0 radical (unpaired) electrons. The zero-order valence-corrected chi connectivity index (χ0v) is 9.66. The highest BCUT2D eigenvalue weighted by Crippen LogP contribution is 2.37. The van der Waals surface area contributed by atoms with Gasteiger partial charge in [-0.25, -0.2) is 13.2 Å². The van der Waals surface area contributed by atoms with Crippen LogP contribution in [0.5, 0.6) is 17.2 Å². The Bertz CT molecular complexity index is 678. The van der Waals surface area contributed by atoms with E-state index in [1.165, 1.54) is 0 Å². The molecule has 0 fully saturated rings. The largest absolute Gasteiger partial charge is 0.503 e. The zero-order valence-electron chi connectivity index (χ0n) is 9.66. The van der Waals surface area contributed by atoms with Crippen molar-refractivity contribution >= 4 is 0 Å². The number of hydrogen-bond donors (Lipinski definition) is 1. The molecule has 2 nitrogen and oxygen atoms in total. The maximum absolute atomic E-state index is 13.3. The minimum absolute atomic E-state index is 0.126. The van der Waals surface area contributed by atoms with Gasteiger partial charge in [0, 0.05) is 12.1 Å². The molecular formula is C12H3F7O2. The molecule has 21 heavy (non-hydrogen) atoms. The smallest absolute Gasteiger partial charge is 0.208 e. The molecule has 0 saturated heterocycles. The second kappa shape index (κ2) is 5.15. The van der Waals surface area contributed by atoms with Crippen LogP contribution >= 0.6 is 0 Å². The Morgan fingerprint density at radius 2 is 1.10 bits per heavy atom. The molecule has 0 heterocycles. The molecule has 0 aliphatic rings. The summed E-state index contributed by atoms with van der Waals surface area (Å²) in [5.41, 5.74) is 0. The molecule has 0 atom stereocenters. The number of aromatic hydroxyl groups is 1. The lowest BCUT2D eigenvalue weighted by atomic mass is 10.2. The lowest BCUT2D eigenvalue weighted by molar-refractivity contribution is 0.312. The van der Waals surface area contributed by atoms with Crippen LogP contribution in [0, 0.1) is 40.7 Å². The van der Waals surface area contributed by atoms with Crippen LogP contribution in [0.3, 0.4) is 0 Å². The fourth-order valence-electron chi connectivity index (χ4n) is 1.42. The van der Waals surface area contributed by atoms with Crippen LogP contribution in [-0.2, 0) is 0 Å². The fraction of sp³-hybridized carbons (Fsp3) is 0. The average molecular weight is 312 g/mol. The van der Waals surface area contributed by atoms with Gasteiger partial charge in [0.25, 0.3) is 0 Å². The van der Waals surface area contributed by atoms with Gasteiger partial charge in [-0.15, -0.1) is 0 Å². The quantitative estimate of drug-likeness (QED) is 0.666. The van der Waals surface area contributed by atoms with Crippen molar-refractivity contribution in [3.05, 3.63) is 52.9 Å². The Hall–Kier alpha value is -2.45. The summed E-state index contributed by atoms with van der Waals surface area (Å²) in [7, 11) is 0. The van der Waals surface area contributed by atoms with Gasteiger partial charge in [-0.05, 0) is 0 Å². The molecule has 0 amide bonds. The molecule has 9 heteroatoms. The molecular weight excluding hydrogens is 309 g/mol. The molecule has 0 aromatic heterocycles. The summed E-state index contributed by atoms with van der Waals surface area (Å²) in [6.45, 7) is 0. The Labute approximate surface area is 112 Å². The highest BCUT2D eigenvalue weighted by molar-refractivity contribution is 5.41. The highest BCUT2D eigenvalue weighted by Gasteiger charge is 2.28. The van der Waals surface area contributed by atoms with E-state index < -0.39 is 58.0 Å². The number of halogens is 7. The number of hydrogen-bond acceptors (Lipinski definition) is 2. The van der Waals surface area contributed by atoms with E-state index in [1.807, 2.05) is 0 Å². The molecule has 0 spiro atoms. The van der Waals surface area contributed by atoms with E-state index in [-0.39, 0.29) is 12.1 Å². The van der Waals surface area contributed by atoms with Crippen LogP contribution in [0.4, 0.5) is 30.7 Å². The first-order valence-electron chi connectivity index (χ1n) is 5.11. The molecule has 1 N–H and O–H groups in total. The van der Waals surface area contributed by atoms with Crippen molar-refractivity contribution in [3.8, 4) is 17.2 Å². The summed E-state index contributed by atoms with van der Waals surface area (Å²) >= 11 is 0.